The van der Waals surface area contributed by atoms with Gasteiger partial charge in [0.25, 0.3) is 0 Å². The second-order valence-corrected chi connectivity index (χ2v) is 6.49. The molecular formula is C15H25BrN2O. The molecule has 108 valence electrons. The summed E-state index contributed by atoms with van der Waals surface area (Å²) in [6.45, 7) is 10.3. The Kier molecular flexibility index (Phi) is 6.30. The smallest absolute Gasteiger partial charge is 0.133 e. The number of halogens is 1. The lowest BCUT2D eigenvalue weighted by Crippen LogP contribution is -2.38. The number of rotatable bonds is 7. The van der Waals surface area contributed by atoms with E-state index in [9.17, 15) is 0 Å². The zero-order valence-corrected chi connectivity index (χ0v) is 14.0. The van der Waals surface area contributed by atoms with Gasteiger partial charge in [-0.3, -0.25) is 4.90 Å². The van der Waals surface area contributed by atoms with Gasteiger partial charge in [-0.25, -0.2) is 0 Å². The highest BCUT2D eigenvalue weighted by molar-refractivity contribution is 9.10. The average molecular weight is 329 g/mol. The summed E-state index contributed by atoms with van der Waals surface area (Å²) in [6, 6.07) is 6.24. The molecule has 0 bridgehead atoms. The number of nitrogens with two attached hydrogens (primary N) is 1. The number of benzene rings is 1. The molecule has 2 N–H and O–H groups in total. The Morgan fingerprint density at radius 2 is 2.05 bits per heavy atom. The number of hydrogen-bond donors (Lipinski definition) is 1. The fourth-order valence-electron chi connectivity index (χ4n) is 2.02. The molecule has 0 aliphatic heterocycles. The monoisotopic (exact) mass is 328 g/mol. The van der Waals surface area contributed by atoms with Gasteiger partial charge in [0.05, 0.1) is 11.6 Å². The molecule has 0 aliphatic carbocycles. The third kappa shape index (κ3) is 5.13. The topological polar surface area (TPSA) is 38.5 Å². The van der Waals surface area contributed by atoms with E-state index in [4.69, 9.17) is 10.5 Å². The predicted molar refractivity (Wildman–Crippen MR) is 84.5 cm³/mol. The molecule has 0 fully saturated rings. The molecule has 1 rings (SSSR count). The predicted octanol–water partition coefficient (Wildman–Crippen LogP) is 3.26. The lowest BCUT2D eigenvalue weighted by Gasteiger charge is -2.31. The normalized spacial score (nSPS) is 11.9. The van der Waals surface area contributed by atoms with Crippen molar-refractivity contribution in [2.45, 2.75) is 27.3 Å². The number of ether oxygens (including phenoxy) is 1. The van der Waals surface area contributed by atoms with Crippen molar-refractivity contribution in [1.82, 2.24) is 4.90 Å². The molecule has 0 saturated heterocycles. The fourth-order valence-corrected chi connectivity index (χ4v) is 2.60. The molecule has 0 atom stereocenters. The molecule has 3 nitrogen and oxygen atoms in total. The van der Waals surface area contributed by atoms with Gasteiger partial charge in [0, 0.05) is 13.1 Å². The molecule has 0 radical (unpaired) electrons. The highest BCUT2D eigenvalue weighted by Gasteiger charge is 2.19. The Labute approximate surface area is 125 Å². The van der Waals surface area contributed by atoms with Gasteiger partial charge >= 0.3 is 0 Å². The van der Waals surface area contributed by atoms with Gasteiger partial charge in [0.15, 0.2) is 0 Å². The van der Waals surface area contributed by atoms with Gasteiger partial charge in [-0.15, -0.1) is 0 Å². The zero-order valence-electron chi connectivity index (χ0n) is 12.4. The lowest BCUT2D eigenvalue weighted by molar-refractivity contribution is 0.183. The first-order valence-corrected chi connectivity index (χ1v) is 7.46. The molecule has 0 heterocycles. The van der Waals surface area contributed by atoms with Crippen molar-refractivity contribution in [3.63, 3.8) is 0 Å². The van der Waals surface area contributed by atoms with E-state index in [0.29, 0.717) is 6.54 Å². The van der Waals surface area contributed by atoms with Crippen LogP contribution in [-0.4, -0.2) is 31.6 Å². The molecule has 0 spiro atoms. The van der Waals surface area contributed by atoms with E-state index >= 15 is 0 Å². The summed E-state index contributed by atoms with van der Waals surface area (Å²) in [5, 5.41) is 0. The van der Waals surface area contributed by atoms with E-state index in [1.807, 2.05) is 6.07 Å². The molecule has 19 heavy (non-hydrogen) atoms. The number of hydrogen-bond acceptors (Lipinski definition) is 3. The Morgan fingerprint density at radius 1 is 1.37 bits per heavy atom. The van der Waals surface area contributed by atoms with Crippen LogP contribution in [0.1, 0.15) is 26.3 Å². The van der Waals surface area contributed by atoms with Gasteiger partial charge in [0.2, 0.25) is 0 Å². The van der Waals surface area contributed by atoms with Crippen molar-refractivity contribution >= 4 is 15.9 Å². The summed E-state index contributed by atoms with van der Waals surface area (Å²) in [6.07, 6.45) is 0. The van der Waals surface area contributed by atoms with Crippen molar-refractivity contribution in [3.05, 3.63) is 28.2 Å². The van der Waals surface area contributed by atoms with E-state index in [2.05, 4.69) is 53.7 Å². The van der Waals surface area contributed by atoms with Gasteiger partial charge in [0.1, 0.15) is 5.75 Å². The first kappa shape index (κ1) is 16.5. The first-order chi connectivity index (χ1) is 8.91. The summed E-state index contributed by atoms with van der Waals surface area (Å²) < 4.78 is 6.25. The van der Waals surface area contributed by atoms with Gasteiger partial charge in [-0.05, 0) is 52.1 Å². The minimum Gasteiger partial charge on any atom is -0.496 e. The highest BCUT2D eigenvalue weighted by atomic mass is 79.9. The molecule has 1 aromatic rings. The first-order valence-electron chi connectivity index (χ1n) is 6.66. The van der Waals surface area contributed by atoms with Crippen LogP contribution >= 0.6 is 15.9 Å². The molecule has 4 heteroatoms. The lowest BCUT2D eigenvalue weighted by atomic mass is 9.93. The van der Waals surface area contributed by atoms with Crippen molar-refractivity contribution in [2.75, 3.05) is 26.7 Å². The average Bonchev–Trinajstić information content (AvgIpc) is 2.38. The quantitative estimate of drug-likeness (QED) is 0.834. The van der Waals surface area contributed by atoms with Crippen LogP contribution in [0.5, 0.6) is 5.75 Å². The van der Waals surface area contributed by atoms with Crippen LogP contribution in [0.25, 0.3) is 0 Å². The molecule has 1 aromatic carbocycles. The summed E-state index contributed by atoms with van der Waals surface area (Å²) in [7, 11) is 1.68. The minimum atomic E-state index is 0.152. The Balaban J connectivity index is 2.73. The van der Waals surface area contributed by atoms with Crippen molar-refractivity contribution in [3.8, 4) is 5.75 Å². The third-order valence-corrected chi connectivity index (χ3v) is 3.89. The largest absolute Gasteiger partial charge is 0.496 e. The maximum Gasteiger partial charge on any atom is 0.133 e. The van der Waals surface area contributed by atoms with Crippen molar-refractivity contribution < 1.29 is 4.74 Å². The SMILES string of the molecule is CCN(Cc1ccc(OC)c(Br)c1)CC(C)(C)CN. The standard InChI is InChI=1S/C15H25BrN2O/c1-5-18(11-15(2,3)10-17)9-12-6-7-14(19-4)13(16)8-12/h6-8H,5,9-11,17H2,1-4H3. The molecule has 0 saturated carbocycles. The van der Waals surface area contributed by atoms with E-state index in [1.54, 1.807) is 7.11 Å². The van der Waals surface area contributed by atoms with Crippen LogP contribution in [0.15, 0.2) is 22.7 Å². The Morgan fingerprint density at radius 3 is 2.53 bits per heavy atom. The van der Waals surface area contributed by atoms with Crippen LogP contribution in [0.4, 0.5) is 0 Å². The van der Waals surface area contributed by atoms with Crippen molar-refractivity contribution in [2.24, 2.45) is 11.1 Å². The summed E-state index contributed by atoms with van der Waals surface area (Å²) >= 11 is 3.53. The summed E-state index contributed by atoms with van der Waals surface area (Å²) in [5.41, 5.74) is 7.25. The fraction of sp³-hybridized carbons (Fsp3) is 0.600. The maximum absolute atomic E-state index is 5.81. The van der Waals surface area contributed by atoms with Crippen LogP contribution in [-0.2, 0) is 6.54 Å². The van der Waals surface area contributed by atoms with Gasteiger partial charge in [-0.1, -0.05) is 26.8 Å². The van der Waals surface area contributed by atoms with Crippen LogP contribution in [0.2, 0.25) is 0 Å². The minimum absolute atomic E-state index is 0.152. The molecule has 0 aliphatic rings. The van der Waals surface area contributed by atoms with E-state index < -0.39 is 0 Å². The molecule has 0 amide bonds. The third-order valence-electron chi connectivity index (χ3n) is 3.27. The number of methoxy groups -OCH3 is 1. The Hall–Kier alpha value is -0.580. The van der Waals surface area contributed by atoms with Crippen LogP contribution in [0.3, 0.4) is 0 Å². The zero-order chi connectivity index (χ0) is 14.5. The molecule has 0 aromatic heterocycles. The van der Waals surface area contributed by atoms with Crippen LogP contribution in [0, 0.1) is 5.41 Å². The van der Waals surface area contributed by atoms with E-state index in [-0.39, 0.29) is 5.41 Å². The summed E-state index contributed by atoms with van der Waals surface area (Å²) in [5.74, 6) is 0.870. The van der Waals surface area contributed by atoms with Crippen molar-refractivity contribution in [1.29, 1.82) is 0 Å². The molecular weight excluding hydrogens is 304 g/mol. The maximum atomic E-state index is 5.81. The van der Waals surface area contributed by atoms with E-state index in [0.717, 1.165) is 29.9 Å². The second-order valence-electron chi connectivity index (χ2n) is 5.64. The van der Waals surface area contributed by atoms with Crippen LogP contribution < -0.4 is 10.5 Å². The second kappa shape index (κ2) is 7.27. The summed E-state index contributed by atoms with van der Waals surface area (Å²) in [4.78, 5) is 2.42. The highest BCUT2D eigenvalue weighted by Crippen LogP contribution is 2.26. The van der Waals surface area contributed by atoms with Gasteiger partial charge in [-0.2, -0.15) is 0 Å². The van der Waals surface area contributed by atoms with E-state index in [1.165, 1.54) is 5.56 Å². The number of nitrogens with zero attached hydrogens (tertiary/aromatic N) is 1. The molecule has 0 unspecified atom stereocenters. The van der Waals surface area contributed by atoms with Gasteiger partial charge < -0.3 is 10.5 Å². The Bertz CT molecular complexity index is 407.